The van der Waals surface area contributed by atoms with Gasteiger partial charge in [0.25, 0.3) is 5.91 Å². The lowest BCUT2D eigenvalue weighted by molar-refractivity contribution is -0.122. The van der Waals surface area contributed by atoms with Crippen molar-refractivity contribution in [1.82, 2.24) is 9.88 Å². The Morgan fingerprint density at radius 3 is 2.89 bits per heavy atom. The first kappa shape index (κ1) is 19.0. The van der Waals surface area contributed by atoms with Crippen molar-refractivity contribution in [3.8, 4) is 0 Å². The van der Waals surface area contributed by atoms with Crippen molar-refractivity contribution in [1.29, 1.82) is 0 Å². The van der Waals surface area contributed by atoms with Crippen molar-refractivity contribution >= 4 is 39.9 Å². The summed E-state index contributed by atoms with van der Waals surface area (Å²) in [6.07, 6.45) is 1.73. The van der Waals surface area contributed by atoms with Crippen molar-refractivity contribution in [2.75, 3.05) is 17.2 Å². The maximum absolute atomic E-state index is 12.4. The molecule has 4 N–H and O–H groups in total. The van der Waals surface area contributed by atoms with Crippen LogP contribution >= 0.6 is 11.3 Å². The van der Waals surface area contributed by atoms with Crippen molar-refractivity contribution in [3.05, 3.63) is 40.9 Å². The number of primary amides is 1. The van der Waals surface area contributed by atoms with Crippen molar-refractivity contribution in [3.63, 3.8) is 0 Å². The number of hydrogen-bond donors (Lipinski definition) is 3. The van der Waals surface area contributed by atoms with E-state index in [1.54, 1.807) is 11.4 Å². The molecule has 142 valence electrons. The minimum atomic E-state index is -0.351. The SMILES string of the molecule is CC(=O)Nc1nc(C(=O)Nc2cccc(CN3CCCC3C(N)=O)c2)cs1. The van der Waals surface area contributed by atoms with Crippen LogP contribution in [0.3, 0.4) is 0 Å². The highest BCUT2D eigenvalue weighted by Gasteiger charge is 2.28. The van der Waals surface area contributed by atoms with Gasteiger partial charge in [-0.2, -0.15) is 0 Å². The molecule has 3 amide bonds. The number of hydrogen-bond acceptors (Lipinski definition) is 6. The fourth-order valence-corrected chi connectivity index (χ4v) is 3.84. The van der Waals surface area contributed by atoms with Crippen LogP contribution in [0.2, 0.25) is 0 Å². The molecule has 9 heteroatoms. The van der Waals surface area contributed by atoms with Gasteiger partial charge in [0.05, 0.1) is 6.04 Å². The summed E-state index contributed by atoms with van der Waals surface area (Å²) in [6, 6.07) is 7.23. The molecule has 0 radical (unpaired) electrons. The molecule has 1 unspecified atom stereocenters. The van der Waals surface area contributed by atoms with Gasteiger partial charge in [0.15, 0.2) is 5.13 Å². The van der Waals surface area contributed by atoms with E-state index in [2.05, 4.69) is 20.5 Å². The van der Waals surface area contributed by atoms with E-state index in [1.165, 1.54) is 18.3 Å². The van der Waals surface area contributed by atoms with E-state index in [-0.39, 0.29) is 29.5 Å². The van der Waals surface area contributed by atoms with Gasteiger partial charge in [-0.05, 0) is 37.1 Å². The number of aromatic nitrogens is 1. The number of carbonyl (C=O) groups is 3. The zero-order valence-corrected chi connectivity index (χ0v) is 15.7. The quantitative estimate of drug-likeness (QED) is 0.699. The summed E-state index contributed by atoms with van der Waals surface area (Å²) in [4.78, 5) is 41.1. The third-order valence-corrected chi connectivity index (χ3v) is 5.04. The van der Waals surface area contributed by atoms with E-state index in [4.69, 9.17) is 5.73 Å². The number of carbonyl (C=O) groups excluding carboxylic acids is 3. The molecular weight excluding hydrogens is 366 g/mol. The zero-order chi connectivity index (χ0) is 19.4. The molecule has 3 rings (SSSR count). The fraction of sp³-hybridized carbons (Fsp3) is 0.333. The number of benzene rings is 1. The maximum Gasteiger partial charge on any atom is 0.275 e. The summed E-state index contributed by atoms with van der Waals surface area (Å²) >= 11 is 1.19. The molecule has 2 aromatic rings. The van der Waals surface area contributed by atoms with Crippen LogP contribution < -0.4 is 16.4 Å². The van der Waals surface area contributed by atoms with Crippen LogP contribution in [-0.4, -0.2) is 40.2 Å². The van der Waals surface area contributed by atoms with Crippen molar-refractivity contribution in [2.45, 2.75) is 32.4 Å². The number of likely N-dealkylation sites (tertiary alicyclic amines) is 1. The third kappa shape index (κ3) is 4.89. The molecule has 1 aromatic carbocycles. The number of nitrogens with one attached hydrogen (secondary N) is 2. The first-order chi connectivity index (χ1) is 12.9. The molecule has 0 aliphatic carbocycles. The smallest absolute Gasteiger partial charge is 0.275 e. The number of amides is 3. The fourth-order valence-electron chi connectivity index (χ4n) is 3.10. The minimum Gasteiger partial charge on any atom is -0.368 e. The number of thiazole rings is 1. The molecule has 0 saturated carbocycles. The van der Waals surface area contributed by atoms with Crippen LogP contribution in [0, 0.1) is 0 Å². The molecule has 27 heavy (non-hydrogen) atoms. The Morgan fingerprint density at radius 1 is 1.33 bits per heavy atom. The van der Waals surface area contributed by atoms with Gasteiger partial charge in [-0.15, -0.1) is 11.3 Å². The summed E-state index contributed by atoms with van der Waals surface area (Å²) in [5, 5.41) is 7.33. The lowest BCUT2D eigenvalue weighted by Gasteiger charge is -2.22. The number of nitrogens with zero attached hydrogens (tertiary/aromatic N) is 2. The van der Waals surface area contributed by atoms with E-state index >= 15 is 0 Å². The van der Waals surface area contributed by atoms with Crippen LogP contribution in [0.15, 0.2) is 29.6 Å². The summed E-state index contributed by atoms with van der Waals surface area (Å²) in [5.41, 5.74) is 7.33. The average molecular weight is 387 g/mol. The lowest BCUT2D eigenvalue weighted by atomic mass is 10.1. The Morgan fingerprint density at radius 2 is 2.15 bits per heavy atom. The topological polar surface area (TPSA) is 117 Å². The molecule has 1 aromatic heterocycles. The normalized spacial score (nSPS) is 16.9. The highest BCUT2D eigenvalue weighted by atomic mass is 32.1. The van der Waals surface area contributed by atoms with Gasteiger partial charge in [-0.3, -0.25) is 19.3 Å². The number of nitrogens with two attached hydrogens (primary N) is 1. The van der Waals surface area contributed by atoms with Gasteiger partial charge in [0.2, 0.25) is 11.8 Å². The molecular formula is C18H21N5O3S. The summed E-state index contributed by atoms with van der Waals surface area (Å²) < 4.78 is 0. The van der Waals surface area contributed by atoms with Crippen LogP contribution in [-0.2, 0) is 16.1 Å². The maximum atomic E-state index is 12.4. The van der Waals surface area contributed by atoms with Gasteiger partial charge in [-0.25, -0.2) is 4.98 Å². The zero-order valence-electron chi connectivity index (χ0n) is 14.9. The second kappa shape index (κ2) is 8.28. The molecule has 1 aliphatic rings. The standard InChI is InChI=1S/C18H21N5O3S/c1-11(24)20-18-22-14(10-27-18)17(26)21-13-5-2-4-12(8-13)9-23-7-3-6-15(23)16(19)25/h2,4-5,8,10,15H,3,6-7,9H2,1H3,(H2,19,25)(H,21,26)(H,20,22,24). The van der Waals surface area contributed by atoms with E-state index in [0.717, 1.165) is 24.9 Å². The summed E-state index contributed by atoms with van der Waals surface area (Å²) in [5.74, 6) is -0.883. The van der Waals surface area contributed by atoms with Gasteiger partial charge >= 0.3 is 0 Å². The molecule has 2 heterocycles. The van der Waals surface area contributed by atoms with Crippen molar-refractivity contribution < 1.29 is 14.4 Å². The lowest BCUT2D eigenvalue weighted by Crippen LogP contribution is -2.39. The van der Waals surface area contributed by atoms with E-state index in [1.807, 2.05) is 18.2 Å². The summed E-state index contributed by atoms with van der Waals surface area (Å²) in [7, 11) is 0. The van der Waals surface area contributed by atoms with E-state index in [9.17, 15) is 14.4 Å². The third-order valence-electron chi connectivity index (χ3n) is 4.28. The monoisotopic (exact) mass is 387 g/mol. The van der Waals surface area contributed by atoms with Gasteiger partial charge in [0.1, 0.15) is 5.69 Å². The van der Waals surface area contributed by atoms with Crippen molar-refractivity contribution in [2.24, 2.45) is 5.73 Å². The predicted molar refractivity (Wildman–Crippen MR) is 103 cm³/mol. The highest BCUT2D eigenvalue weighted by molar-refractivity contribution is 7.14. The molecule has 1 fully saturated rings. The van der Waals surface area contributed by atoms with Gasteiger partial charge < -0.3 is 16.4 Å². The highest BCUT2D eigenvalue weighted by Crippen LogP contribution is 2.22. The molecule has 1 aliphatic heterocycles. The molecule has 8 nitrogen and oxygen atoms in total. The Balaban J connectivity index is 1.65. The molecule has 0 spiro atoms. The minimum absolute atomic E-state index is 0.231. The Kier molecular flexibility index (Phi) is 5.82. The van der Waals surface area contributed by atoms with Crippen LogP contribution in [0.4, 0.5) is 10.8 Å². The number of rotatable bonds is 6. The molecule has 1 atom stereocenters. The van der Waals surface area contributed by atoms with E-state index < -0.39 is 0 Å². The Hall–Kier alpha value is -2.78. The molecule has 0 bridgehead atoms. The number of anilines is 2. The summed E-state index contributed by atoms with van der Waals surface area (Å²) in [6.45, 7) is 2.81. The first-order valence-corrected chi connectivity index (χ1v) is 9.47. The second-order valence-corrected chi connectivity index (χ2v) is 7.26. The van der Waals surface area contributed by atoms with Gasteiger partial charge in [0, 0.05) is 24.5 Å². The second-order valence-electron chi connectivity index (χ2n) is 6.40. The van der Waals surface area contributed by atoms with Crippen LogP contribution in [0.5, 0.6) is 0 Å². The predicted octanol–water partition coefficient (Wildman–Crippen LogP) is 1.80. The average Bonchev–Trinajstić information content (AvgIpc) is 3.24. The van der Waals surface area contributed by atoms with E-state index in [0.29, 0.717) is 17.4 Å². The van der Waals surface area contributed by atoms with Crippen LogP contribution in [0.25, 0.3) is 0 Å². The molecule has 1 saturated heterocycles. The van der Waals surface area contributed by atoms with Gasteiger partial charge in [-0.1, -0.05) is 12.1 Å². The largest absolute Gasteiger partial charge is 0.368 e. The Bertz CT molecular complexity index is 866. The van der Waals surface area contributed by atoms with Crippen LogP contribution in [0.1, 0.15) is 35.8 Å². The Labute approximate surface area is 160 Å². The first-order valence-electron chi connectivity index (χ1n) is 8.59.